The third-order valence-electron chi connectivity index (χ3n) is 3.40. The molecule has 1 saturated carbocycles. The number of benzene rings is 1. The fraction of sp³-hybridized carbons (Fsp3) is 0.467. The molecule has 1 amide bonds. The standard InChI is InChI=1S/C15H20N2O2S/c1-19-13-4-2-3-11(9-13)10-15(18)17(12-5-6-12)8-7-14(16)20/h2-4,9,12H,5-8,10H2,1H3,(H2,16,20). The molecule has 1 aliphatic carbocycles. The maximum atomic E-state index is 12.4. The second-order valence-corrected chi connectivity index (χ2v) is 5.59. The van der Waals surface area contributed by atoms with Gasteiger partial charge in [-0.2, -0.15) is 0 Å². The molecule has 0 spiro atoms. The highest BCUT2D eigenvalue weighted by Gasteiger charge is 2.32. The van der Waals surface area contributed by atoms with Crippen LogP contribution >= 0.6 is 12.2 Å². The molecule has 0 radical (unpaired) electrons. The number of ether oxygens (including phenoxy) is 1. The van der Waals surface area contributed by atoms with Crippen molar-refractivity contribution in [1.29, 1.82) is 0 Å². The molecule has 0 atom stereocenters. The molecule has 108 valence electrons. The lowest BCUT2D eigenvalue weighted by Crippen LogP contribution is -2.36. The zero-order chi connectivity index (χ0) is 14.5. The molecule has 2 rings (SSSR count). The molecular weight excluding hydrogens is 272 g/mol. The maximum Gasteiger partial charge on any atom is 0.227 e. The first kappa shape index (κ1) is 14.8. The Kier molecular flexibility index (Phi) is 4.95. The van der Waals surface area contributed by atoms with Gasteiger partial charge < -0.3 is 15.4 Å². The van der Waals surface area contributed by atoms with Gasteiger partial charge in [0, 0.05) is 19.0 Å². The second kappa shape index (κ2) is 6.70. The van der Waals surface area contributed by atoms with E-state index in [0.29, 0.717) is 30.4 Å². The number of carbonyl (C=O) groups excluding carboxylic acids is 1. The fourth-order valence-corrected chi connectivity index (χ4v) is 2.28. The van der Waals surface area contributed by atoms with E-state index in [1.807, 2.05) is 29.2 Å². The third-order valence-corrected chi connectivity index (χ3v) is 3.60. The number of methoxy groups -OCH3 is 1. The van der Waals surface area contributed by atoms with Gasteiger partial charge in [0.25, 0.3) is 0 Å². The lowest BCUT2D eigenvalue weighted by Gasteiger charge is -2.22. The predicted molar refractivity (Wildman–Crippen MR) is 82.8 cm³/mol. The van der Waals surface area contributed by atoms with Crippen molar-refractivity contribution in [3.05, 3.63) is 29.8 Å². The van der Waals surface area contributed by atoms with Gasteiger partial charge in [-0.25, -0.2) is 0 Å². The van der Waals surface area contributed by atoms with Crippen LogP contribution in [0.25, 0.3) is 0 Å². The highest BCUT2D eigenvalue weighted by Crippen LogP contribution is 2.27. The van der Waals surface area contributed by atoms with Crippen LogP contribution < -0.4 is 10.5 Å². The Morgan fingerprint density at radius 2 is 2.25 bits per heavy atom. The lowest BCUT2D eigenvalue weighted by molar-refractivity contribution is -0.130. The van der Waals surface area contributed by atoms with Gasteiger partial charge >= 0.3 is 0 Å². The summed E-state index contributed by atoms with van der Waals surface area (Å²) in [4.78, 5) is 14.8. The number of thiocarbonyl (C=S) groups is 1. The molecule has 1 aliphatic rings. The highest BCUT2D eigenvalue weighted by molar-refractivity contribution is 7.80. The lowest BCUT2D eigenvalue weighted by atomic mass is 10.1. The number of amides is 1. The number of rotatable bonds is 7. The average Bonchev–Trinajstić information content (AvgIpc) is 3.23. The molecule has 1 fully saturated rings. The van der Waals surface area contributed by atoms with Gasteiger partial charge in [-0.15, -0.1) is 0 Å². The molecule has 2 N–H and O–H groups in total. The van der Waals surface area contributed by atoms with E-state index in [0.717, 1.165) is 24.2 Å². The van der Waals surface area contributed by atoms with Crippen LogP contribution in [-0.2, 0) is 11.2 Å². The Morgan fingerprint density at radius 3 is 2.85 bits per heavy atom. The minimum atomic E-state index is 0.136. The summed E-state index contributed by atoms with van der Waals surface area (Å²) in [5.41, 5.74) is 6.50. The molecule has 1 aromatic rings. The smallest absolute Gasteiger partial charge is 0.227 e. The van der Waals surface area contributed by atoms with Crippen molar-refractivity contribution in [1.82, 2.24) is 4.90 Å². The van der Waals surface area contributed by atoms with Gasteiger partial charge in [-0.3, -0.25) is 4.79 Å². The zero-order valence-corrected chi connectivity index (χ0v) is 12.5. The van der Waals surface area contributed by atoms with Crippen LogP contribution in [0.15, 0.2) is 24.3 Å². The van der Waals surface area contributed by atoms with Gasteiger partial charge in [-0.1, -0.05) is 24.4 Å². The number of carbonyl (C=O) groups is 1. The summed E-state index contributed by atoms with van der Waals surface area (Å²) >= 11 is 4.89. The zero-order valence-electron chi connectivity index (χ0n) is 11.7. The van der Waals surface area contributed by atoms with Crippen LogP contribution in [0.3, 0.4) is 0 Å². The third kappa shape index (κ3) is 4.20. The van der Waals surface area contributed by atoms with Crippen LogP contribution in [0.1, 0.15) is 24.8 Å². The van der Waals surface area contributed by atoms with Crippen molar-refractivity contribution in [2.24, 2.45) is 5.73 Å². The molecule has 0 heterocycles. The summed E-state index contributed by atoms with van der Waals surface area (Å²) in [7, 11) is 1.62. The van der Waals surface area contributed by atoms with Crippen molar-refractivity contribution < 1.29 is 9.53 Å². The normalized spacial score (nSPS) is 13.8. The molecule has 20 heavy (non-hydrogen) atoms. The van der Waals surface area contributed by atoms with E-state index >= 15 is 0 Å². The summed E-state index contributed by atoms with van der Waals surface area (Å²) in [6.07, 6.45) is 3.16. The first-order chi connectivity index (χ1) is 9.60. The minimum absolute atomic E-state index is 0.136. The SMILES string of the molecule is COc1cccc(CC(=O)N(CCC(N)=S)C2CC2)c1. The van der Waals surface area contributed by atoms with E-state index in [1.165, 1.54) is 0 Å². The molecule has 0 aromatic heterocycles. The van der Waals surface area contributed by atoms with E-state index in [1.54, 1.807) is 7.11 Å². The van der Waals surface area contributed by atoms with Crippen LogP contribution in [-0.4, -0.2) is 35.5 Å². The molecule has 1 aromatic carbocycles. The number of hydrogen-bond donors (Lipinski definition) is 1. The van der Waals surface area contributed by atoms with Crippen LogP contribution in [0.5, 0.6) is 5.75 Å². The minimum Gasteiger partial charge on any atom is -0.497 e. The van der Waals surface area contributed by atoms with Crippen molar-refractivity contribution in [3.63, 3.8) is 0 Å². The van der Waals surface area contributed by atoms with Crippen molar-refractivity contribution in [2.75, 3.05) is 13.7 Å². The van der Waals surface area contributed by atoms with Crippen molar-refractivity contribution in [3.8, 4) is 5.75 Å². The van der Waals surface area contributed by atoms with Gasteiger partial charge in [-0.05, 0) is 30.5 Å². The van der Waals surface area contributed by atoms with E-state index in [4.69, 9.17) is 22.7 Å². The van der Waals surface area contributed by atoms with E-state index in [2.05, 4.69) is 0 Å². The molecular formula is C15H20N2O2S. The summed E-state index contributed by atoms with van der Waals surface area (Å²) in [6, 6.07) is 8.00. The van der Waals surface area contributed by atoms with Gasteiger partial charge in [0.05, 0.1) is 18.5 Å². The van der Waals surface area contributed by atoms with Crippen LogP contribution in [0.2, 0.25) is 0 Å². The Morgan fingerprint density at radius 1 is 1.50 bits per heavy atom. The second-order valence-electron chi connectivity index (χ2n) is 5.06. The quantitative estimate of drug-likeness (QED) is 0.780. The number of hydrogen-bond acceptors (Lipinski definition) is 3. The van der Waals surface area contributed by atoms with Crippen LogP contribution in [0.4, 0.5) is 0 Å². The van der Waals surface area contributed by atoms with Crippen molar-refractivity contribution >= 4 is 23.1 Å². The Bertz CT molecular complexity index is 500. The van der Waals surface area contributed by atoms with Gasteiger partial charge in [0.2, 0.25) is 5.91 Å². The molecule has 0 bridgehead atoms. The molecule has 5 heteroatoms. The predicted octanol–water partition coefficient (Wildman–Crippen LogP) is 1.90. The van der Waals surface area contributed by atoms with E-state index in [9.17, 15) is 4.79 Å². The molecule has 0 aliphatic heterocycles. The Labute approximate surface area is 124 Å². The largest absolute Gasteiger partial charge is 0.497 e. The Balaban J connectivity index is 1.98. The number of nitrogens with zero attached hydrogens (tertiary/aromatic N) is 1. The maximum absolute atomic E-state index is 12.4. The first-order valence-corrected chi connectivity index (χ1v) is 7.21. The summed E-state index contributed by atoms with van der Waals surface area (Å²) in [5, 5.41) is 0. The summed E-state index contributed by atoms with van der Waals surface area (Å²) in [6.45, 7) is 0.628. The Hall–Kier alpha value is -1.62. The van der Waals surface area contributed by atoms with Crippen LogP contribution in [0, 0.1) is 0 Å². The van der Waals surface area contributed by atoms with Crippen molar-refractivity contribution in [2.45, 2.75) is 31.7 Å². The van der Waals surface area contributed by atoms with E-state index in [-0.39, 0.29) is 5.91 Å². The highest BCUT2D eigenvalue weighted by atomic mass is 32.1. The van der Waals surface area contributed by atoms with E-state index < -0.39 is 0 Å². The average molecular weight is 292 g/mol. The summed E-state index contributed by atoms with van der Waals surface area (Å²) < 4.78 is 5.18. The monoisotopic (exact) mass is 292 g/mol. The first-order valence-electron chi connectivity index (χ1n) is 6.81. The number of nitrogens with two attached hydrogens (primary N) is 1. The van der Waals surface area contributed by atoms with Gasteiger partial charge in [0.15, 0.2) is 0 Å². The molecule has 0 unspecified atom stereocenters. The topological polar surface area (TPSA) is 55.6 Å². The van der Waals surface area contributed by atoms with Gasteiger partial charge in [0.1, 0.15) is 5.75 Å². The summed E-state index contributed by atoms with van der Waals surface area (Å²) in [5.74, 6) is 0.911. The molecule has 0 saturated heterocycles. The molecule has 4 nitrogen and oxygen atoms in total. The fourth-order valence-electron chi connectivity index (χ4n) is 2.19.